The third-order valence-corrected chi connectivity index (χ3v) is 4.18. The first-order valence-electron chi connectivity index (χ1n) is 7.05. The predicted octanol–water partition coefficient (Wildman–Crippen LogP) is 3.40. The van der Waals surface area contributed by atoms with Crippen LogP contribution < -0.4 is 10.1 Å². The van der Waals surface area contributed by atoms with Crippen LogP contribution in [0.3, 0.4) is 0 Å². The third-order valence-electron chi connectivity index (χ3n) is 4.18. The van der Waals surface area contributed by atoms with Gasteiger partial charge in [-0.15, -0.1) is 0 Å². The van der Waals surface area contributed by atoms with Gasteiger partial charge in [0.05, 0.1) is 7.11 Å². The van der Waals surface area contributed by atoms with Gasteiger partial charge < -0.3 is 10.1 Å². The molecule has 1 aliphatic rings. The molecule has 0 saturated heterocycles. The fourth-order valence-corrected chi connectivity index (χ4v) is 2.80. The van der Waals surface area contributed by atoms with E-state index in [1.165, 1.54) is 25.7 Å². The first kappa shape index (κ1) is 13.9. The highest BCUT2D eigenvalue weighted by Gasteiger charge is 2.27. The summed E-state index contributed by atoms with van der Waals surface area (Å²) in [5.41, 5.74) is 1.13. The van der Waals surface area contributed by atoms with Crippen molar-refractivity contribution in [2.45, 2.75) is 39.0 Å². The van der Waals surface area contributed by atoms with Crippen molar-refractivity contribution in [2.75, 3.05) is 13.7 Å². The van der Waals surface area contributed by atoms with Crippen LogP contribution in [0.4, 0.5) is 0 Å². The van der Waals surface area contributed by atoms with E-state index in [4.69, 9.17) is 4.74 Å². The van der Waals surface area contributed by atoms with Gasteiger partial charge in [-0.3, -0.25) is 4.79 Å². The third kappa shape index (κ3) is 3.72. The minimum Gasteiger partial charge on any atom is -0.497 e. The van der Waals surface area contributed by atoms with Gasteiger partial charge in [0.2, 0.25) is 0 Å². The van der Waals surface area contributed by atoms with E-state index < -0.39 is 0 Å². The molecule has 0 aromatic heterocycles. The molecule has 0 bridgehead atoms. The zero-order valence-corrected chi connectivity index (χ0v) is 11.9. The van der Waals surface area contributed by atoms with Gasteiger partial charge >= 0.3 is 0 Å². The maximum Gasteiger partial charge on any atom is 0.251 e. The number of ether oxygens (including phenoxy) is 1. The molecule has 0 unspecified atom stereocenters. The highest BCUT2D eigenvalue weighted by Crippen LogP contribution is 2.39. The summed E-state index contributed by atoms with van der Waals surface area (Å²) in [4.78, 5) is 12.0. The number of methoxy groups -OCH3 is 1. The molecule has 104 valence electrons. The number of hydrogen-bond acceptors (Lipinski definition) is 2. The van der Waals surface area contributed by atoms with Gasteiger partial charge in [0.15, 0.2) is 0 Å². The molecular formula is C16H23NO2. The Morgan fingerprint density at radius 2 is 1.89 bits per heavy atom. The van der Waals surface area contributed by atoms with Crippen LogP contribution in [0.2, 0.25) is 0 Å². The summed E-state index contributed by atoms with van der Waals surface area (Å²) in [5, 5.41) is 3.01. The molecule has 1 aromatic rings. The smallest absolute Gasteiger partial charge is 0.251 e. The summed E-state index contributed by atoms with van der Waals surface area (Å²) in [6.45, 7) is 3.10. The number of hydrogen-bond donors (Lipinski definition) is 1. The summed E-state index contributed by atoms with van der Waals surface area (Å²) < 4.78 is 5.08. The summed E-state index contributed by atoms with van der Waals surface area (Å²) >= 11 is 0. The lowest BCUT2D eigenvalue weighted by atomic mass is 9.85. The van der Waals surface area contributed by atoms with Crippen molar-refractivity contribution in [3.05, 3.63) is 29.8 Å². The highest BCUT2D eigenvalue weighted by molar-refractivity contribution is 5.94. The molecule has 0 spiro atoms. The molecule has 2 rings (SSSR count). The van der Waals surface area contributed by atoms with E-state index >= 15 is 0 Å². The van der Waals surface area contributed by atoms with Crippen molar-refractivity contribution in [1.29, 1.82) is 0 Å². The molecule has 1 aromatic carbocycles. The van der Waals surface area contributed by atoms with Crippen LogP contribution in [0.5, 0.6) is 5.75 Å². The van der Waals surface area contributed by atoms with Gasteiger partial charge in [-0.1, -0.05) is 19.8 Å². The Labute approximate surface area is 115 Å². The standard InChI is InChI=1S/C16H23NO2/c1-16(9-3-4-10-16)11-12-17-15(18)13-5-7-14(19-2)8-6-13/h5-8H,3-4,9-12H2,1-2H3,(H,17,18). The Morgan fingerprint density at radius 3 is 2.47 bits per heavy atom. The van der Waals surface area contributed by atoms with Gasteiger partial charge in [0, 0.05) is 12.1 Å². The number of nitrogens with one attached hydrogen (secondary N) is 1. The minimum atomic E-state index is 0.00394. The molecule has 1 aliphatic carbocycles. The predicted molar refractivity (Wildman–Crippen MR) is 76.5 cm³/mol. The minimum absolute atomic E-state index is 0.00394. The van der Waals surface area contributed by atoms with E-state index in [0.29, 0.717) is 11.0 Å². The van der Waals surface area contributed by atoms with Crippen LogP contribution >= 0.6 is 0 Å². The normalized spacial score (nSPS) is 17.2. The topological polar surface area (TPSA) is 38.3 Å². The van der Waals surface area contributed by atoms with Crippen LogP contribution in [0.25, 0.3) is 0 Å². The first-order valence-corrected chi connectivity index (χ1v) is 7.05. The maximum atomic E-state index is 12.0. The van der Waals surface area contributed by atoms with Crippen molar-refractivity contribution in [1.82, 2.24) is 5.32 Å². The number of rotatable bonds is 5. The quantitative estimate of drug-likeness (QED) is 0.882. The van der Waals surface area contributed by atoms with Gasteiger partial charge in [0.1, 0.15) is 5.75 Å². The fraction of sp³-hybridized carbons (Fsp3) is 0.562. The maximum absolute atomic E-state index is 12.0. The first-order chi connectivity index (χ1) is 9.13. The lowest BCUT2D eigenvalue weighted by Gasteiger charge is -2.23. The molecule has 0 heterocycles. The Bertz CT molecular complexity index is 419. The largest absolute Gasteiger partial charge is 0.497 e. The average molecular weight is 261 g/mol. The number of carbonyl (C=O) groups is 1. The molecule has 19 heavy (non-hydrogen) atoms. The number of benzene rings is 1. The average Bonchev–Trinajstić information content (AvgIpc) is 2.86. The van der Waals surface area contributed by atoms with Crippen molar-refractivity contribution in [3.63, 3.8) is 0 Å². The van der Waals surface area contributed by atoms with Gasteiger partial charge in [0.25, 0.3) is 5.91 Å². The molecule has 1 N–H and O–H groups in total. The Balaban J connectivity index is 1.80. The molecular weight excluding hydrogens is 238 g/mol. The van der Waals surface area contributed by atoms with Crippen molar-refractivity contribution in [2.24, 2.45) is 5.41 Å². The van der Waals surface area contributed by atoms with E-state index in [0.717, 1.165) is 18.7 Å². The van der Waals surface area contributed by atoms with E-state index in [1.54, 1.807) is 19.2 Å². The van der Waals surface area contributed by atoms with Crippen LogP contribution in [-0.2, 0) is 0 Å². The van der Waals surface area contributed by atoms with Crippen LogP contribution in [0, 0.1) is 5.41 Å². The molecule has 1 saturated carbocycles. The molecule has 1 amide bonds. The van der Waals surface area contributed by atoms with E-state index in [-0.39, 0.29) is 5.91 Å². The lowest BCUT2D eigenvalue weighted by Crippen LogP contribution is -2.28. The zero-order chi connectivity index (χ0) is 13.7. The summed E-state index contributed by atoms with van der Waals surface area (Å²) in [6, 6.07) is 7.22. The van der Waals surface area contributed by atoms with Crippen LogP contribution in [0.15, 0.2) is 24.3 Å². The molecule has 0 radical (unpaired) electrons. The lowest BCUT2D eigenvalue weighted by molar-refractivity contribution is 0.0948. The summed E-state index contributed by atoms with van der Waals surface area (Å²) in [7, 11) is 1.62. The molecule has 1 fully saturated rings. The summed E-state index contributed by atoms with van der Waals surface area (Å²) in [6.07, 6.45) is 6.34. The monoisotopic (exact) mass is 261 g/mol. The molecule has 0 aliphatic heterocycles. The number of amides is 1. The Hall–Kier alpha value is -1.51. The van der Waals surface area contributed by atoms with Crippen molar-refractivity contribution in [3.8, 4) is 5.75 Å². The summed E-state index contributed by atoms with van der Waals surface area (Å²) in [5.74, 6) is 0.777. The second-order valence-electron chi connectivity index (χ2n) is 5.75. The Morgan fingerprint density at radius 1 is 1.26 bits per heavy atom. The fourth-order valence-electron chi connectivity index (χ4n) is 2.80. The molecule has 3 nitrogen and oxygen atoms in total. The van der Waals surface area contributed by atoms with Gasteiger partial charge in [-0.2, -0.15) is 0 Å². The Kier molecular flexibility index (Phi) is 4.46. The van der Waals surface area contributed by atoms with E-state index in [1.807, 2.05) is 12.1 Å². The van der Waals surface area contributed by atoms with Gasteiger partial charge in [-0.05, 0) is 48.9 Å². The second-order valence-corrected chi connectivity index (χ2v) is 5.75. The van der Waals surface area contributed by atoms with Crippen molar-refractivity contribution < 1.29 is 9.53 Å². The molecule has 3 heteroatoms. The second kappa shape index (κ2) is 6.09. The van der Waals surface area contributed by atoms with Crippen molar-refractivity contribution >= 4 is 5.91 Å². The highest BCUT2D eigenvalue weighted by atomic mass is 16.5. The zero-order valence-electron chi connectivity index (χ0n) is 11.9. The van der Waals surface area contributed by atoms with Crippen LogP contribution in [-0.4, -0.2) is 19.6 Å². The van der Waals surface area contributed by atoms with E-state index in [9.17, 15) is 4.79 Å². The SMILES string of the molecule is COc1ccc(C(=O)NCCC2(C)CCCC2)cc1. The van der Waals surface area contributed by atoms with E-state index in [2.05, 4.69) is 12.2 Å². The van der Waals surface area contributed by atoms with Crippen LogP contribution in [0.1, 0.15) is 49.4 Å². The van der Waals surface area contributed by atoms with Gasteiger partial charge in [-0.25, -0.2) is 0 Å². The number of carbonyl (C=O) groups excluding carboxylic acids is 1. The molecule has 0 atom stereocenters.